The first-order valence-electron chi connectivity index (χ1n) is 11.3. The quantitative estimate of drug-likeness (QED) is 0.302. The standard InChI is InChI=1S/C28H28N2O4/c1-4-18-34-23-16-10-20(11-17-23)26(31)24-25(19-8-6-5-7-9-19)30(28(33)27(24)32)22-14-12-21(13-15-22)29(2)3/h5-17,25,31H,4,18H2,1-3H3/b26-24+. The van der Waals surface area contributed by atoms with Gasteiger partial charge in [0.2, 0.25) is 0 Å². The Hall–Kier alpha value is -4.06. The van der Waals surface area contributed by atoms with Crippen molar-refractivity contribution in [1.82, 2.24) is 0 Å². The number of carbonyl (C=O) groups excluding carboxylic acids is 2. The predicted molar refractivity (Wildman–Crippen MR) is 134 cm³/mol. The van der Waals surface area contributed by atoms with Crippen molar-refractivity contribution in [3.63, 3.8) is 0 Å². The van der Waals surface area contributed by atoms with Gasteiger partial charge in [0.25, 0.3) is 11.7 Å². The molecule has 0 aliphatic carbocycles. The number of Topliss-reactive ketones (excluding diaryl/α,β-unsaturated/α-hetero) is 1. The molecule has 3 aromatic carbocycles. The molecule has 1 heterocycles. The van der Waals surface area contributed by atoms with Crippen molar-refractivity contribution in [2.45, 2.75) is 19.4 Å². The summed E-state index contributed by atoms with van der Waals surface area (Å²) in [4.78, 5) is 29.9. The van der Waals surface area contributed by atoms with E-state index in [-0.39, 0.29) is 11.3 Å². The third-order valence-electron chi connectivity index (χ3n) is 5.80. The van der Waals surface area contributed by atoms with Crippen LogP contribution in [0.1, 0.15) is 30.5 Å². The molecule has 1 N–H and O–H groups in total. The fourth-order valence-corrected chi connectivity index (χ4v) is 4.05. The van der Waals surface area contributed by atoms with Crippen LogP contribution in [0.25, 0.3) is 5.76 Å². The molecular weight excluding hydrogens is 428 g/mol. The first kappa shape index (κ1) is 23.1. The van der Waals surface area contributed by atoms with Gasteiger partial charge in [-0.1, -0.05) is 37.3 Å². The van der Waals surface area contributed by atoms with Crippen LogP contribution in [-0.4, -0.2) is 37.5 Å². The number of nitrogens with zero attached hydrogens (tertiary/aromatic N) is 2. The molecule has 174 valence electrons. The van der Waals surface area contributed by atoms with E-state index in [1.165, 1.54) is 4.90 Å². The van der Waals surface area contributed by atoms with Crippen molar-refractivity contribution in [3.05, 3.63) is 95.6 Å². The van der Waals surface area contributed by atoms with Crippen LogP contribution in [0.5, 0.6) is 5.75 Å². The summed E-state index contributed by atoms with van der Waals surface area (Å²) in [5.41, 5.74) is 2.81. The molecule has 3 aromatic rings. The Bertz CT molecular complexity index is 1200. The normalized spacial score (nSPS) is 17.1. The van der Waals surface area contributed by atoms with Crippen LogP contribution in [0, 0.1) is 0 Å². The van der Waals surface area contributed by atoms with E-state index in [1.54, 1.807) is 24.3 Å². The number of ether oxygens (including phenoxy) is 1. The summed E-state index contributed by atoms with van der Waals surface area (Å²) in [6, 6.07) is 22.8. The van der Waals surface area contributed by atoms with Crippen LogP contribution in [0.4, 0.5) is 11.4 Å². The van der Waals surface area contributed by atoms with E-state index < -0.39 is 17.7 Å². The lowest BCUT2D eigenvalue weighted by molar-refractivity contribution is -0.132. The molecule has 1 amide bonds. The lowest BCUT2D eigenvalue weighted by Crippen LogP contribution is -2.29. The molecule has 0 radical (unpaired) electrons. The van der Waals surface area contributed by atoms with E-state index in [0.717, 1.165) is 17.7 Å². The van der Waals surface area contributed by atoms with Gasteiger partial charge in [-0.3, -0.25) is 14.5 Å². The molecule has 0 bridgehead atoms. The Morgan fingerprint density at radius 3 is 2.18 bits per heavy atom. The number of aliphatic hydroxyl groups excluding tert-OH is 1. The van der Waals surface area contributed by atoms with Gasteiger partial charge in [0.05, 0.1) is 18.2 Å². The highest BCUT2D eigenvalue weighted by molar-refractivity contribution is 6.51. The third-order valence-corrected chi connectivity index (χ3v) is 5.80. The highest BCUT2D eigenvalue weighted by Crippen LogP contribution is 2.42. The molecule has 34 heavy (non-hydrogen) atoms. The molecule has 6 heteroatoms. The zero-order valence-electron chi connectivity index (χ0n) is 19.6. The van der Waals surface area contributed by atoms with Gasteiger partial charge in [-0.25, -0.2) is 0 Å². The molecule has 0 spiro atoms. The van der Waals surface area contributed by atoms with Gasteiger partial charge in [-0.15, -0.1) is 0 Å². The Kier molecular flexibility index (Phi) is 6.68. The van der Waals surface area contributed by atoms with E-state index >= 15 is 0 Å². The summed E-state index contributed by atoms with van der Waals surface area (Å²) in [7, 11) is 3.87. The summed E-state index contributed by atoms with van der Waals surface area (Å²) >= 11 is 0. The summed E-state index contributed by atoms with van der Waals surface area (Å²) in [6.07, 6.45) is 0.887. The highest BCUT2D eigenvalue weighted by atomic mass is 16.5. The van der Waals surface area contributed by atoms with E-state index in [4.69, 9.17) is 4.74 Å². The number of hydrogen-bond donors (Lipinski definition) is 1. The van der Waals surface area contributed by atoms with Gasteiger partial charge < -0.3 is 14.7 Å². The Morgan fingerprint density at radius 2 is 1.59 bits per heavy atom. The van der Waals surface area contributed by atoms with Crippen LogP contribution in [0.15, 0.2) is 84.4 Å². The average molecular weight is 457 g/mol. The zero-order valence-corrected chi connectivity index (χ0v) is 19.6. The monoisotopic (exact) mass is 456 g/mol. The average Bonchev–Trinajstić information content (AvgIpc) is 3.13. The second-order valence-corrected chi connectivity index (χ2v) is 8.36. The highest BCUT2D eigenvalue weighted by Gasteiger charge is 2.46. The maximum Gasteiger partial charge on any atom is 0.300 e. The van der Waals surface area contributed by atoms with E-state index in [0.29, 0.717) is 23.6 Å². The molecule has 1 aliphatic rings. The second kappa shape index (κ2) is 9.83. The minimum absolute atomic E-state index is 0.0649. The number of ketones is 1. The first-order valence-corrected chi connectivity index (χ1v) is 11.3. The van der Waals surface area contributed by atoms with Crippen molar-refractivity contribution in [1.29, 1.82) is 0 Å². The topological polar surface area (TPSA) is 70.1 Å². The van der Waals surface area contributed by atoms with E-state index in [9.17, 15) is 14.7 Å². The van der Waals surface area contributed by atoms with Crippen LogP contribution < -0.4 is 14.5 Å². The van der Waals surface area contributed by atoms with Gasteiger partial charge in [-0.2, -0.15) is 0 Å². The third kappa shape index (κ3) is 4.39. The molecular formula is C28H28N2O4. The number of benzene rings is 3. The first-order chi connectivity index (χ1) is 16.4. The summed E-state index contributed by atoms with van der Waals surface area (Å²) in [5, 5.41) is 11.2. The number of anilines is 2. The van der Waals surface area contributed by atoms with Crippen molar-refractivity contribution in [2.24, 2.45) is 0 Å². The van der Waals surface area contributed by atoms with E-state index in [1.807, 2.05) is 80.5 Å². The molecule has 1 fully saturated rings. The van der Waals surface area contributed by atoms with Crippen LogP contribution >= 0.6 is 0 Å². The number of carbonyl (C=O) groups is 2. The summed E-state index contributed by atoms with van der Waals surface area (Å²) in [6.45, 7) is 2.62. The lowest BCUT2D eigenvalue weighted by atomic mass is 9.95. The number of hydrogen-bond acceptors (Lipinski definition) is 5. The minimum atomic E-state index is -0.748. The van der Waals surface area contributed by atoms with E-state index in [2.05, 4.69) is 0 Å². The van der Waals surface area contributed by atoms with Gasteiger partial charge in [-0.05, 0) is 60.5 Å². The Labute approximate surface area is 199 Å². The molecule has 1 aliphatic heterocycles. The minimum Gasteiger partial charge on any atom is -0.507 e. The van der Waals surface area contributed by atoms with Gasteiger partial charge >= 0.3 is 0 Å². The Morgan fingerprint density at radius 1 is 0.941 bits per heavy atom. The SMILES string of the molecule is CCCOc1ccc(/C(O)=C2\C(=O)C(=O)N(c3ccc(N(C)C)cc3)C2c2ccccc2)cc1. The number of aliphatic hydroxyl groups is 1. The largest absolute Gasteiger partial charge is 0.507 e. The molecule has 0 saturated carbocycles. The molecule has 4 rings (SSSR count). The molecule has 1 saturated heterocycles. The number of amides is 1. The smallest absolute Gasteiger partial charge is 0.300 e. The van der Waals surface area contributed by atoms with Crippen molar-refractivity contribution < 1.29 is 19.4 Å². The van der Waals surface area contributed by atoms with Crippen LogP contribution in [-0.2, 0) is 9.59 Å². The predicted octanol–water partition coefficient (Wildman–Crippen LogP) is 5.17. The maximum absolute atomic E-state index is 13.2. The lowest BCUT2D eigenvalue weighted by Gasteiger charge is -2.26. The molecule has 1 unspecified atom stereocenters. The van der Waals surface area contributed by atoms with Gasteiger partial charge in [0, 0.05) is 31.0 Å². The fraction of sp³-hybridized carbons (Fsp3) is 0.214. The second-order valence-electron chi connectivity index (χ2n) is 8.36. The Balaban J connectivity index is 1.81. The van der Waals surface area contributed by atoms with Crippen LogP contribution in [0.3, 0.4) is 0 Å². The zero-order chi connectivity index (χ0) is 24.2. The number of rotatable bonds is 7. The maximum atomic E-state index is 13.2. The molecule has 1 atom stereocenters. The van der Waals surface area contributed by atoms with Crippen molar-refractivity contribution in [3.8, 4) is 5.75 Å². The summed E-state index contributed by atoms with van der Waals surface area (Å²) in [5.74, 6) is -0.911. The molecule has 0 aromatic heterocycles. The van der Waals surface area contributed by atoms with Crippen LogP contribution in [0.2, 0.25) is 0 Å². The summed E-state index contributed by atoms with van der Waals surface area (Å²) < 4.78 is 5.61. The molecule has 6 nitrogen and oxygen atoms in total. The fourth-order valence-electron chi connectivity index (χ4n) is 4.05. The van der Waals surface area contributed by atoms with Gasteiger partial charge in [0.1, 0.15) is 11.5 Å². The van der Waals surface area contributed by atoms with Crippen molar-refractivity contribution >= 4 is 28.8 Å². The van der Waals surface area contributed by atoms with Gasteiger partial charge in [0.15, 0.2) is 0 Å². The van der Waals surface area contributed by atoms with Crippen molar-refractivity contribution in [2.75, 3.05) is 30.5 Å².